The molecule has 5 aliphatic heterocycles. The fourth-order valence-electron chi connectivity index (χ4n) is 11.0. The van der Waals surface area contributed by atoms with Crippen LogP contribution in [-0.2, 0) is 41.5 Å². The Morgan fingerprint density at radius 2 is 1.90 bits per heavy atom. The number of aryl methyl sites for hydroxylation is 1. The largest absolute Gasteiger partial charge is 0.464 e. The Bertz CT molecular complexity index is 2750. The molecule has 2 N–H and O–H groups in total. The Morgan fingerprint density at radius 1 is 1.11 bits per heavy atom. The van der Waals surface area contributed by atoms with E-state index in [4.69, 9.17) is 28.9 Å². The summed E-state index contributed by atoms with van der Waals surface area (Å²) in [5, 5.41) is 9.27. The topological polar surface area (TPSA) is 139 Å². The average Bonchev–Trinajstić information content (AvgIpc) is 4.05. The van der Waals surface area contributed by atoms with Gasteiger partial charge in [0, 0.05) is 103 Å². The molecule has 5 fully saturated rings. The van der Waals surface area contributed by atoms with E-state index >= 15 is 0 Å². The standard InChI is InChI=1S/C55H71N9O6S/c1-9-63-46-17-14-39-28-41(46)43(49(63)42-27-38(30-56-48(42)37(5)67-8)13-12-35(3)60-19-21-61(22-20-60)40-15-16-40)29-55(6,7)33-70-54(66)44-11-10-18-64(59-44)36(4)47(58-52(65)51-34(2)31-69-51)50(53-57-45(39)32-71-53)62-23-25-68-26-24-62/h14,17,27-28,30,32,34-35,37,40,44,47,51,59H,4,9-11,15-16,18-26,29,31,33H2,1-3,5-8H3/p+1/t34-,35+,37-,44-,47+,51-/m0/s1. The maximum absolute atomic E-state index is 14.2. The SMILES string of the molecule is C=C1[C@@H](NC(=O)[C@H]2OC[C@@H]2C)C(=[N+]2CCOCC2)c2nc(cs2)-c2ccc3c(c2)c(c(-c2cc(C#C[C@@H](C)N4CCN(C5CC5)CC4)cnc2[C@H](C)OC)n3CC)CC(C)(C)COC(=O)[C@@H]2CCCN1N2. The molecule has 378 valence electrons. The Hall–Kier alpha value is -4.99. The molecule has 3 aromatic heterocycles. The van der Waals surface area contributed by atoms with Crippen molar-refractivity contribution in [2.24, 2.45) is 11.3 Å². The van der Waals surface area contributed by atoms with E-state index in [-0.39, 0.29) is 36.5 Å². The minimum atomic E-state index is -0.685. The lowest BCUT2D eigenvalue weighted by molar-refractivity contribution is -0.550. The van der Waals surface area contributed by atoms with Crippen molar-refractivity contribution >= 4 is 39.8 Å². The van der Waals surface area contributed by atoms with Crippen LogP contribution in [0, 0.1) is 23.2 Å². The van der Waals surface area contributed by atoms with E-state index in [1.807, 2.05) is 25.1 Å². The number of piperazine rings is 1. The summed E-state index contributed by atoms with van der Waals surface area (Å²) in [4.78, 5) is 44.0. The van der Waals surface area contributed by atoms with Gasteiger partial charge in [-0.3, -0.25) is 24.4 Å². The molecule has 1 saturated carbocycles. The number of carbonyl (C=O) groups excluding carboxylic acids is 2. The van der Waals surface area contributed by atoms with Gasteiger partial charge in [0.25, 0.3) is 0 Å². The number of amides is 1. The van der Waals surface area contributed by atoms with Crippen LogP contribution in [-0.4, -0.2) is 161 Å². The van der Waals surface area contributed by atoms with Crippen LogP contribution in [0.5, 0.6) is 0 Å². The van der Waals surface area contributed by atoms with E-state index in [9.17, 15) is 9.59 Å². The molecule has 6 atom stereocenters. The molecule has 71 heavy (non-hydrogen) atoms. The number of ether oxygens (including phenoxy) is 4. The van der Waals surface area contributed by atoms with Crippen molar-refractivity contribution in [1.29, 1.82) is 0 Å². The molecule has 4 aromatic rings. The van der Waals surface area contributed by atoms with Gasteiger partial charge in [0.05, 0.1) is 48.1 Å². The van der Waals surface area contributed by atoms with Crippen LogP contribution in [0.25, 0.3) is 33.4 Å². The molecule has 10 rings (SSSR count). The summed E-state index contributed by atoms with van der Waals surface area (Å²) in [5.74, 6) is 6.71. The van der Waals surface area contributed by atoms with Crippen LogP contribution >= 0.6 is 11.3 Å². The monoisotopic (exact) mass is 987 g/mol. The van der Waals surface area contributed by atoms with Crippen LogP contribution in [0.1, 0.15) is 95.2 Å². The molecule has 8 heterocycles. The number of aromatic nitrogens is 3. The Balaban J connectivity index is 1.10. The lowest BCUT2D eigenvalue weighted by Crippen LogP contribution is -2.60. The van der Waals surface area contributed by atoms with Gasteiger partial charge in [-0.2, -0.15) is 0 Å². The molecule has 0 radical (unpaired) electrons. The number of hydrogen-bond acceptors (Lipinski definition) is 13. The van der Waals surface area contributed by atoms with Crippen molar-refractivity contribution < 1.29 is 33.1 Å². The number of pyridine rings is 1. The van der Waals surface area contributed by atoms with Crippen LogP contribution in [0.15, 0.2) is 48.1 Å². The average molecular weight is 987 g/mol. The van der Waals surface area contributed by atoms with Crippen molar-refractivity contribution in [2.45, 2.75) is 117 Å². The van der Waals surface area contributed by atoms with Gasteiger partial charge in [-0.25, -0.2) is 15.0 Å². The number of hydrogen-bond donors (Lipinski definition) is 2. The highest BCUT2D eigenvalue weighted by molar-refractivity contribution is 7.12. The van der Waals surface area contributed by atoms with Gasteiger partial charge < -0.3 is 33.8 Å². The van der Waals surface area contributed by atoms with Crippen molar-refractivity contribution in [3.05, 3.63) is 69.9 Å². The lowest BCUT2D eigenvalue weighted by atomic mass is 9.84. The first-order valence-electron chi connectivity index (χ1n) is 26.0. The fraction of sp³-hybridized carbons (Fsp3) is 0.582. The number of cyclic esters (lactones) is 1. The number of methoxy groups -OCH3 is 1. The number of fused-ring (bicyclic) bond motifs is 6. The molecular formula is C55H72N9O6S+. The molecular weight excluding hydrogens is 915 g/mol. The Morgan fingerprint density at radius 3 is 2.61 bits per heavy atom. The fourth-order valence-corrected chi connectivity index (χ4v) is 11.9. The van der Waals surface area contributed by atoms with E-state index in [0.29, 0.717) is 64.5 Å². The Labute approximate surface area is 422 Å². The quantitative estimate of drug-likeness (QED) is 0.121. The van der Waals surface area contributed by atoms with Gasteiger partial charge in [-0.05, 0) is 76.6 Å². The molecule has 16 heteroatoms. The number of morpholine rings is 1. The number of thiazole rings is 1. The molecule has 1 aromatic carbocycles. The first kappa shape index (κ1) is 49.6. The zero-order valence-corrected chi connectivity index (χ0v) is 43.5. The third-order valence-corrected chi connectivity index (χ3v) is 16.3. The van der Waals surface area contributed by atoms with E-state index < -0.39 is 23.6 Å². The normalized spacial score (nSPS) is 25.4. The van der Waals surface area contributed by atoms with Gasteiger partial charge in [0.1, 0.15) is 25.4 Å². The molecule has 1 aliphatic carbocycles. The van der Waals surface area contributed by atoms with E-state index in [2.05, 4.69) is 105 Å². The Kier molecular flexibility index (Phi) is 14.6. The van der Waals surface area contributed by atoms with Crippen molar-refractivity contribution in [2.75, 3.05) is 79.4 Å². The molecule has 15 nitrogen and oxygen atoms in total. The van der Waals surface area contributed by atoms with Crippen LogP contribution in [0.4, 0.5) is 0 Å². The van der Waals surface area contributed by atoms with Crippen LogP contribution in [0.2, 0.25) is 0 Å². The number of esters is 1. The zero-order valence-electron chi connectivity index (χ0n) is 42.7. The molecule has 4 saturated heterocycles. The number of carbonyl (C=O) groups is 2. The molecule has 6 bridgehead atoms. The summed E-state index contributed by atoms with van der Waals surface area (Å²) in [6.07, 6.45) is 5.63. The van der Waals surface area contributed by atoms with Gasteiger partial charge in [0.2, 0.25) is 11.6 Å². The second kappa shape index (κ2) is 20.9. The molecule has 0 spiro atoms. The summed E-state index contributed by atoms with van der Waals surface area (Å²) in [5.41, 5.74) is 12.2. The van der Waals surface area contributed by atoms with Gasteiger partial charge in [0.15, 0.2) is 24.1 Å². The number of hydrazine groups is 1. The maximum atomic E-state index is 14.2. The summed E-state index contributed by atoms with van der Waals surface area (Å²) in [6.45, 7) is 26.0. The van der Waals surface area contributed by atoms with E-state index in [0.717, 1.165) is 99.6 Å². The highest BCUT2D eigenvalue weighted by atomic mass is 32.1. The molecule has 6 aliphatic rings. The summed E-state index contributed by atoms with van der Waals surface area (Å²) < 4.78 is 28.7. The molecule has 1 amide bonds. The first-order chi connectivity index (χ1) is 34.3. The first-order valence-corrected chi connectivity index (χ1v) is 26.8. The maximum Gasteiger partial charge on any atom is 0.324 e. The second-order valence-electron chi connectivity index (χ2n) is 21.2. The highest BCUT2D eigenvalue weighted by Gasteiger charge is 2.43. The van der Waals surface area contributed by atoms with Gasteiger partial charge >= 0.3 is 5.97 Å². The number of nitrogens with zero attached hydrogens (tertiary/aromatic N) is 7. The predicted molar refractivity (Wildman–Crippen MR) is 276 cm³/mol. The van der Waals surface area contributed by atoms with Crippen molar-refractivity contribution in [1.82, 2.24) is 40.1 Å². The predicted octanol–water partition coefficient (Wildman–Crippen LogP) is 6.03. The van der Waals surface area contributed by atoms with E-state index in [1.54, 1.807) is 18.4 Å². The smallest absolute Gasteiger partial charge is 0.324 e. The minimum Gasteiger partial charge on any atom is -0.464 e. The third-order valence-electron chi connectivity index (χ3n) is 15.4. The third kappa shape index (κ3) is 10.3. The van der Waals surface area contributed by atoms with Crippen LogP contribution in [0.3, 0.4) is 0 Å². The van der Waals surface area contributed by atoms with Gasteiger partial charge in [-0.1, -0.05) is 45.3 Å². The van der Waals surface area contributed by atoms with Crippen molar-refractivity contribution in [3.8, 4) is 34.4 Å². The van der Waals surface area contributed by atoms with Crippen molar-refractivity contribution in [3.63, 3.8) is 0 Å². The summed E-state index contributed by atoms with van der Waals surface area (Å²) in [6, 6.07) is 8.46. The van der Waals surface area contributed by atoms with Crippen LogP contribution < -0.4 is 10.7 Å². The molecule has 0 unspecified atom stereocenters. The highest BCUT2D eigenvalue weighted by Crippen LogP contribution is 2.42. The second-order valence-corrected chi connectivity index (χ2v) is 22.1. The van der Waals surface area contributed by atoms with Gasteiger partial charge in [-0.15, -0.1) is 11.3 Å². The number of rotatable bonds is 8. The summed E-state index contributed by atoms with van der Waals surface area (Å²) >= 11 is 1.55. The van der Waals surface area contributed by atoms with E-state index in [1.165, 1.54) is 12.8 Å². The zero-order chi connectivity index (χ0) is 49.6. The minimum absolute atomic E-state index is 0.0840. The number of nitrogens with one attached hydrogen (secondary N) is 2. The lowest BCUT2D eigenvalue weighted by Gasteiger charge is -2.39. The number of benzene rings is 1. The summed E-state index contributed by atoms with van der Waals surface area (Å²) in [7, 11) is 1.73.